The molecule has 1 aromatic rings. The molecule has 1 fully saturated rings. The van der Waals surface area contributed by atoms with Crippen molar-refractivity contribution in [3.05, 3.63) is 16.4 Å². The maximum absolute atomic E-state index is 6.34. The van der Waals surface area contributed by atoms with Crippen LogP contribution in [-0.2, 0) is 13.6 Å². The first kappa shape index (κ1) is 13.8. The molecule has 1 saturated heterocycles. The van der Waals surface area contributed by atoms with E-state index in [0.717, 1.165) is 42.6 Å². The number of nitrogens with zero attached hydrogens (tertiary/aromatic N) is 3. The molecule has 0 aromatic carbocycles. The topological polar surface area (TPSA) is 33.1 Å². The Morgan fingerprint density at radius 2 is 2.33 bits per heavy atom. The zero-order valence-corrected chi connectivity index (χ0v) is 12.3. The van der Waals surface area contributed by atoms with Gasteiger partial charge in [0.15, 0.2) is 0 Å². The summed E-state index contributed by atoms with van der Waals surface area (Å²) < 4.78 is 1.92. The van der Waals surface area contributed by atoms with E-state index in [-0.39, 0.29) is 0 Å². The van der Waals surface area contributed by atoms with Crippen LogP contribution in [0.15, 0.2) is 0 Å². The Balaban J connectivity index is 2.12. The number of hydrogen-bond acceptors (Lipinski definition) is 3. The zero-order valence-electron chi connectivity index (χ0n) is 11.5. The molecule has 0 bridgehead atoms. The number of halogens is 1. The predicted octanol–water partition coefficient (Wildman–Crippen LogP) is 1.96. The van der Waals surface area contributed by atoms with Gasteiger partial charge in [0.2, 0.25) is 0 Å². The molecule has 0 radical (unpaired) electrons. The lowest BCUT2D eigenvalue weighted by atomic mass is 10.2. The number of aryl methyl sites for hydroxylation is 2. The van der Waals surface area contributed by atoms with Crippen molar-refractivity contribution in [3.63, 3.8) is 0 Å². The van der Waals surface area contributed by atoms with Gasteiger partial charge in [-0.1, -0.05) is 18.5 Å². The van der Waals surface area contributed by atoms with Crippen molar-refractivity contribution >= 4 is 11.6 Å². The van der Waals surface area contributed by atoms with Crippen molar-refractivity contribution in [1.82, 2.24) is 20.0 Å². The van der Waals surface area contributed by atoms with Crippen LogP contribution in [0.4, 0.5) is 0 Å². The highest BCUT2D eigenvalue weighted by Gasteiger charge is 2.24. The quantitative estimate of drug-likeness (QED) is 0.888. The van der Waals surface area contributed by atoms with Crippen LogP contribution in [0.3, 0.4) is 0 Å². The summed E-state index contributed by atoms with van der Waals surface area (Å²) in [6, 6.07) is 0.635. The van der Waals surface area contributed by atoms with Crippen LogP contribution in [0.5, 0.6) is 0 Å². The van der Waals surface area contributed by atoms with Gasteiger partial charge in [0.1, 0.15) is 0 Å². The fourth-order valence-electron chi connectivity index (χ4n) is 2.67. The third kappa shape index (κ3) is 2.87. The van der Waals surface area contributed by atoms with Gasteiger partial charge >= 0.3 is 0 Å². The number of aromatic nitrogens is 2. The maximum Gasteiger partial charge on any atom is 0.0860 e. The van der Waals surface area contributed by atoms with E-state index < -0.39 is 0 Å². The summed E-state index contributed by atoms with van der Waals surface area (Å²) in [5.41, 5.74) is 2.06. The second kappa shape index (κ2) is 6.04. The Kier molecular flexibility index (Phi) is 4.65. The van der Waals surface area contributed by atoms with Gasteiger partial charge in [0, 0.05) is 26.2 Å². The molecule has 1 aliphatic heterocycles. The van der Waals surface area contributed by atoms with E-state index in [9.17, 15) is 0 Å². The normalized spacial score (nSPS) is 19.9. The van der Waals surface area contributed by atoms with Crippen LogP contribution in [0.1, 0.15) is 31.2 Å². The van der Waals surface area contributed by atoms with Crippen LogP contribution in [-0.4, -0.2) is 40.4 Å². The number of rotatable bonds is 5. The maximum atomic E-state index is 6.34. The lowest BCUT2D eigenvalue weighted by Crippen LogP contribution is -2.37. The summed E-state index contributed by atoms with van der Waals surface area (Å²) in [6.07, 6.45) is 2.40. The molecule has 0 aliphatic carbocycles. The minimum absolute atomic E-state index is 0.635. The van der Waals surface area contributed by atoms with Crippen molar-refractivity contribution in [3.8, 4) is 0 Å². The van der Waals surface area contributed by atoms with Gasteiger partial charge in [-0.15, -0.1) is 0 Å². The Hall–Kier alpha value is -0.580. The smallest absolute Gasteiger partial charge is 0.0860 e. The summed E-state index contributed by atoms with van der Waals surface area (Å²) in [7, 11) is 1.98. The molecule has 2 rings (SSSR count). The first-order valence-corrected chi connectivity index (χ1v) is 7.14. The first-order valence-electron chi connectivity index (χ1n) is 6.76. The standard InChI is InChI=1S/C13H23ClN4/c1-4-7-18(11-5-6-15-8-11)9-12-13(14)10(2)16-17(12)3/h11,15H,4-9H2,1-3H3. The fraction of sp³-hybridized carbons (Fsp3) is 0.769. The van der Waals surface area contributed by atoms with Gasteiger partial charge in [-0.2, -0.15) is 5.10 Å². The lowest BCUT2D eigenvalue weighted by molar-refractivity contribution is 0.194. The third-order valence-corrected chi connectivity index (χ3v) is 4.17. The first-order chi connectivity index (χ1) is 8.63. The highest BCUT2D eigenvalue weighted by atomic mass is 35.5. The fourth-order valence-corrected chi connectivity index (χ4v) is 2.89. The van der Waals surface area contributed by atoms with Crippen molar-refractivity contribution < 1.29 is 0 Å². The van der Waals surface area contributed by atoms with Gasteiger partial charge in [-0.3, -0.25) is 9.58 Å². The SMILES string of the molecule is CCCN(Cc1c(Cl)c(C)nn1C)C1CCNC1. The van der Waals surface area contributed by atoms with Crippen LogP contribution in [0, 0.1) is 6.92 Å². The Labute approximate surface area is 114 Å². The highest BCUT2D eigenvalue weighted by molar-refractivity contribution is 6.31. The number of hydrogen-bond donors (Lipinski definition) is 1. The van der Waals surface area contributed by atoms with Gasteiger partial charge in [-0.25, -0.2) is 0 Å². The molecule has 0 spiro atoms. The van der Waals surface area contributed by atoms with Crippen molar-refractivity contribution in [1.29, 1.82) is 0 Å². The van der Waals surface area contributed by atoms with E-state index in [1.54, 1.807) is 0 Å². The molecule has 102 valence electrons. The van der Waals surface area contributed by atoms with E-state index in [0.29, 0.717) is 6.04 Å². The summed E-state index contributed by atoms with van der Waals surface area (Å²) in [5.74, 6) is 0. The average molecular weight is 271 g/mol. The minimum atomic E-state index is 0.635. The molecule has 1 aliphatic rings. The van der Waals surface area contributed by atoms with Crippen LogP contribution < -0.4 is 5.32 Å². The molecular formula is C13H23ClN4. The van der Waals surface area contributed by atoms with Gasteiger partial charge < -0.3 is 5.32 Å². The van der Waals surface area contributed by atoms with Crippen LogP contribution in [0.25, 0.3) is 0 Å². The molecular weight excluding hydrogens is 248 g/mol. The molecule has 1 N–H and O–H groups in total. The molecule has 1 aromatic heterocycles. The van der Waals surface area contributed by atoms with Gasteiger partial charge in [0.05, 0.1) is 16.4 Å². The zero-order chi connectivity index (χ0) is 13.1. The molecule has 0 saturated carbocycles. The van der Waals surface area contributed by atoms with Crippen molar-refractivity contribution in [2.75, 3.05) is 19.6 Å². The third-order valence-electron chi connectivity index (χ3n) is 3.68. The predicted molar refractivity (Wildman–Crippen MR) is 74.9 cm³/mol. The summed E-state index contributed by atoms with van der Waals surface area (Å²) in [4.78, 5) is 2.53. The van der Waals surface area contributed by atoms with E-state index in [2.05, 4.69) is 22.2 Å². The van der Waals surface area contributed by atoms with Crippen LogP contribution >= 0.6 is 11.6 Å². The molecule has 2 heterocycles. The molecule has 0 amide bonds. The second-order valence-electron chi connectivity index (χ2n) is 5.09. The largest absolute Gasteiger partial charge is 0.315 e. The molecule has 4 nitrogen and oxygen atoms in total. The molecule has 1 unspecified atom stereocenters. The van der Waals surface area contributed by atoms with E-state index in [1.807, 2.05) is 18.7 Å². The summed E-state index contributed by atoms with van der Waals surface area (Å²) in [6.45, 7) is 8.43. The van der Waals surface area contributed by atoms with Crippen LogP contribution in [0.2, 0.25) is 5.02 Å². The molecule has 18 heavy (non-hydrogen) atoms. The number of nitrogens with one attached hydrogen (secondary N) is 1. The molecule has 1 atom stereocenters. The Morgan fingerprint density at radius 3 is 2.83 bits per heavy atom. The average Bonchev–Trinajstić information content (AvgIpc) is 2.93. The van der Waals surface area contributed by atoms with Gasteiger partial charge in [0.25, 0.3) is 0 Å². The highest BCUT2D eigenvalue weighted by Crippen LogP contribution is 2.22. The van der Waals surface area contributed by atoms with E-state index in [4.69, 9.17) is 11.6 Å². The lowest BCUT2D eigenvalue weighted by Gasteiger charge is -2.28. The summed E-state index contributed by atoms with van der Waals surface area (Å²) >= 11 is 6.34. The van der Waals surface area contributed by atoms with Crippen molar-refractivity contribution in [2.45, 2.75) is 39.3 Å². The summed E-state index contributed by atoms with van der Waals surface area (Å²) in [5, 5.41) is 8.65. The van der Waals surface area contributed by atoms with E-state index in [1.165, 1.54) is 12.8 Å². The Morgan fingerprint density at radius 1 is 1.56 bits per heavy atom. The molecule has 5 heteroatoms. The Bertz CT molecular complexity index is 396. The van der Waals surface area contributed by atoms with Gasteiger partial charge in [-0.05, 0) is 32.9 Å². The van der Waals surface area contributed by atoms with Crippen molar-refractivity contribution in [2.24, 2.45) is 7.05 Å². The monoisotopic (exact) mass is 270 g/mol. The minimum Gasteiger partial charge on any atom is -0.315 e. The van der Waals surface area contributed by atoms with E-state index >= 15 is 0 Å². The second-order valence-corrected chi connectivity index (χ2v) is 5.46.